The molecule has 0 unspecified atom stereocenters. The summed E-state index contributed by atoms with van der Waals surface area (Å²) in [7, 11) is 0. The van der Waals surface area contributed by atoms with E-state index in [1.165, 1.54) is 6.92 Å². The largest absolute Gasteiger partial charge is 0.394 e. The van der Waals surface area contributed by atoms with Crippen molar-refractivity contribution in [2.24, 2.45) is 52.3 Å². The van der Waals surface area contributed by atoms with Crippen molar-refractivity contribution in [1.29, 1.82) is 0 Å². The van der Waals surface area contributed by atoms with Gasteiger partial charge in [-0.1, -0.05) is 27.7 Å². The van der Waals surface area contributed by atoms with E-state index in [1.807, 2.05) is 0 Å². The lowest BCUT2D eigenvalue weighted by molar-refractivity contribution is -0.412. The van der Waals surface area contributed by atoms with Crippen LogP contribution in [0.25, 0.3) is 0 Å². The molecule has 0 bridgehead atoms. The van der Waals surface area contributed by atoms with Gasteiger partial charge >= 0.3 is 0 Å². The van der Waals surface area contributed by atoms with Crippen molar-refractivity contribution in [1.82, 2.24) is 0 Å². The van der Waals surface area contributed by atoms with Gasteiger partial charge in [-0.05, 0) is 105 Å². The van der Waals surface area contributed by atoms with Crippen LogP contribution < -0.4 is 0 Å². The van der Waals surface area contributed by atoms with E-state index in [4.69, 9.17) is 75.8 Å². The number of hydrogen-bond acceptors (Lipinski definition) is 36. The Morgan fingerprint density at radius 1 is 0.379 bits per heavy atom. The number of ether oxygens (including phenoxy) is 16. The molecule has 0 radical (unpaired) electrons. The van der Waals surface area contributed by atoms with Gasteiger partial charge in [0.05, 0.1) is 70.7 Å². The van der Waals surface area contributed by atoms with Crippen molar-refractivity contribution in [3.05, 3.63) is 0 Å². The zero-order valence-electron chi connectivity index (χ0n) is 58.1. The molecule has 20 N–H and O–H groups in total. The predicted octanol–water partition coefficient (Wildman–Crippen LogP) is -8.16. The molecule has 1 spiro atoms. The normalized spacial score (nSPS) is 57.6. The molecule has 0 amide bonds. The van der Waals surface area contributed by atoms with E-state index in [0.29, 0.717) is 49.0 Å². The van der Waals surface area contributed by atoms with E-state index in [1.54, 1.807) is 0 Å². The van der Waals surface area contributed by atoms with Crippen molar-refractivity contribution < 1.29 is 178 Å². The molecule has 594 valence electrons. The fraction of sp³-hybridized carbons (Fsp3) is 1.00. The maximum Gasteiger partial charge on any atom is 0.187 e. The van der Waals surface area contributed by atoms with Crippen molar-refractivity contribution >= 4 is 0 Å². The maximum atomic E-state index is 12.2. The topological polar surface area (TPSA) is 552 Å². The number of fused-ring (bicyclic) bond motifs is 7. The summed E-state index contributed by atoms with van der Waals surface area (Å²) in [5.74, 6) is 1.88. The molecule has 0 aromatic heterocycles. The summed E-state index contributed by atoms with van der Waals surface area (Å²) >= 11 is 0. The predicted molar refractivity (Wildman–Crippen MR) is 334 cm³/mol. The zero-order valence-corrected chi connectivity index (χ0v) is 58.1. The molecule has 9 heterocycles. The minimum atomic E-state index is -2.33. The van der Waals surface area contributed by atoms with E-state index in [0.717, 1.165) is 44.9 Å². The van der Waals surface area contributed by atoms with Gasteiger partial charge in [0.1, 0.15) is 153 Å². The highest BCUT2D eigenvalue weighted by Gasteiger charge is 2.70. The lowest BCUT2D eigenvalue weighted by Gasteiger charge is -2.62. The standard InChI is InChI=1S/C67H110O36/c1-22-8-11-67(90-19-22)23(2)38-33(103-67)13-28-26-7-6-25-12-32(29(72)14-66(25,5)27(26)9-10-65(28,38)4)92-60-49(85)44(80)54(37(18-71)95-60)99-64-57(102-61-48(84)43(79)41(77)34(15-68)93-61)55(42(78)35(16-69)94-64)101-62-50(86)45(81)53(36(17-70)96-62)98-63-51(87)56(100-59-47(83)40(76)31(74)21-89-59)52(24(3)91-63)97-58-46(82)39(75)30(73)20-88-58/h22-64,68-87H,6-21H2,1-5H3/t22-,23+,24+,25+,26-,27+,28+,29-,30-,31-,32-,33+,34-,35-,36-,37-,38+,39+,40+,41-,42-,43+,44-,45-,46-,47-,48-,49-,50-,51-,52+,53-,54+,55+,56+,57-,58+,59+,60-,61+,62+,63+,64+,65+,66+,67-/m1/s1. The Labute approximate surface area is 593 Å². The second kappa shape index (κ2) is 31.6. The first kappa shape index (κ1) is 79.6. The van der Waals surface area contributed by atoms with E-state index in [9.17, 15) is 102 Å². The van der Waals surface area contributed by atoms with Crippen molar-refractivity contribution in [3.8, 4) is 0 Å². The monoisotopic (exact) mass is 1490 g/mol. The molecule has 36 nitrogen and oxygen atoms in total. The van der Waals surface area contributed by atoms with Gasteiger partial charge in [-0.3, -0.25) is 0 Å². The SMILES string of the molecule is C[C@@H]1CC[C@@]2(OC1)O[C@H]1C[C@H]3[C@@H]4CC[C@H]5C[C@@H](O[C@@H]6O[C@H](CO)[C@H](O[C@@H]7O[C@H](CO)[C@@H](O)[C@H](O[C@@H]8O[C@H](CO)[C@@H](O[C@@H]9O[C@@H](C)[C@H](O[C@@H]%10OC[C@@H](O)[C@H](O)[C@H]%10O)[C@@H](O[C@@H]%10OC[C@@H](O)[C@H](O)[C@H]%10O)[C@H]9O)[C@H](O)[C@H]8O)[C@H]7O[C@@H]7O[C@H](CO)[C@@H](O)[C@H](O)[C@H]7O)[C@H](O)[C@H]6O)[C@H](O)C[C@]5(C)[C@H]4CC[C@]3(C)[C@H]1[C@@H]2C. The van der Waals surface area contributed by atoms with E-state index in [-0.39, 0.29) is 28.8 Å². The van der Waals surface area contributed by atoms with Gasteiger partial charge in [-0.15, -0.1) is 0 Å². The third-order valence-electron chi connectivity index (χ3n) is 25.9. The third-order valence-corrected chi connectivity index (χ3v) is 25.9. The van der Waals surface area contributed by atoms with Crippen LogP contribution in [-0.4, -0.2) is 375 Å². The van der Waals surface area contributed by atoms with E-state index >= 15 is 0 Å². The Hall–Kier alpha value is -1.44. The van der Waals surface area contributed by atoms with Gasteiger partial charge in [0.25, 0.3) is 0 Å². The Morgan fingerprint density at radius 3 is 1.45 bits per heavy atom. The Balaban J connectivity index is 0.698. The number of aliphatic hydroxyl groups excluding tert-OH is 20. The van der Waals surface area contributed by atoms with Crippen LogP contribution in [0.5, 0.6) is 0 Å². The average Bonchev–Trinajstić information content (AvgIpc) is 1.55. The number of rotatable bonds is 18. The summed E-state index contributed by atoms with van der Waals surface area (Å²) < 4.78 is 97.4. The van der Waals surface area contributed by atoms with Crippen LogP contribution in [0.4, 0.5) is 0 Å². The van der Waals surface area contributed by atoms with Crippen LogP contribution in [-0.2, 0) is 75.8 Å². The third kappa shape index (κ3) is 14.5. The molecule has 4 aliphatic carbocycles. The molecule has 9 aliphatic heterocycles. The molecule has 103 heavy (non-hydrogen) atoms. The lowest BCUT2D eigenvalue weighted by atomic mass is 9.44. The molecule has 13 aliphatic rings. The summed E-state index contributed by atoms with van der Waals surface area (Å²) in [4.78, 5) is 0. The maximum absolute atomic E-state index is 12.2. The number of aliphatic hydroxyl groups is 20. The van der Waals surface area contributed by atoms with Crippen LogP contribution in [0.2, 0.25) is 0 Å². The van der Waals surface area contributed by atoms with E-state index in [2.05, 4.69) is 27.7 Å². The first-order valence-electron chi connectivity index (χ1n) is 36.6. The van der Waals surface area contributed by atoms with Gasteiger partial charge in [0.15, 0.2) is 49.8 Å². The highest BCUT2D eigenvalue weighted by molar-refractivity contribution is 5.16. The van der Waals surface area contributed by atoms with Crippen LogP contribution in [0, 0.1) is 52.3 Å². The van der Waals surface area contributed by atoms with Crippen molar-refractivity contribution in [2.45, 2.75) is 319 Å². The zero-order chi connectivity index (χ0) is 74.0. The van der Waals surface area contributed by atoms with Crippen LogP contribution >= 0.6 is 0 Å². The van der Waals surface area contributed by atoms with E-state index < -0.39 is 260 Å². The smallest absolute Gasteiger partial charge is 0.187 e. The molecule has 4 saturated carbocycles. The Kier molecular flexibility index (Phi) is 24.4. The summed E-state index contributed by atoms with van der Waals surface area (Å²) in [5.41, 5.74) is -0.193. The lowest BCUT2D eigenvalue weighted by Crippen LogP contribution is -2.69. The van der Waals surface area contributed by atoms with Gasteiger partial charge in [-0.2, -0.15) is 0 Å². The van der Waals surface area contributed by atoms with Gasteiger partial charge in [0.2, 0.25) is 0 Å². The molecule has 13 rings (SSSR count). The second-order valence-electron chi connectivity index (χ2n) is 32.0. The van der Waals surface area contributed by atoms with Gasteiger partial charge in [-0.25, -0.2) is 0 Å². The quantitative estimate of drug-likeness (QED) is 0.0567. The number of hydrogen-bond donors (Lipinski definition) is 20. The molecular formula is C67H110O36. The molecule has 0 aromatic rings. The molecular weight excluding hydrogens is 1380 g/mol. The minimum Gasteiger partial charge on any atom is -0.394 e. The fourth-order valence-electron chi connectivity index (χ4n) is 20.1. The fourth-order valence-corrected chi connectivity index (χ4v) is 20.1. The summed E-state index contributed by atoms with van der Waals surface area (Å²) in [5, 5.41) is 223. The molecule has 36 heteroatoms. The average molecular weight is 1490 g/mol. The summed E-state index contributed by atoms with van der Waals surface area (Å²) in [6.07, 6.45) is -57.1. The van der Waals surface area contributed by atoms with Crippen LogP contribution in [0.3, 0.4) is 0 Å². The Morgan fingerprint density at radius 2 is 0.864 bits per heavy atom. The van der Waals surface area contributed by atoms with Crippen LogP contribution in [0.15, 0.2) is 0 Å². The minimum absolute atomic E-state index is 0.0723. The van der Waals surface area contributed by atoms with Gasteiger partial charge < -0.3 is 178 Å². The van der Waals surface area contributed by atoms with Crippen molar-refractivity contribution in [3.63, 3.8) is 0 Å². The highest BCUT2D eigenvalue weighted by atomic mass is 16.8. The second-order valence-corrected chi connectivity index (χ2v) is 32.0. The molecule has 46 atom stereocenters. The van der Waals surface area contributed by atoms with Gasteiger partial charge in [0, 0.05) is 12.3 Å². The summed E-state index contributed by atoms with van der Waals surface area (Å²) in [6, 6.07) is 0. The van der Waals surface area contributed by atoms with Crippen LogP contribution in [0.1, 0.15) is 92.4 Å². The first-order valence-corrected chi connectivity index (χ1v) is 36.6. The molecule has 0 aromatic carbocycles. The Bertz CT molecular complexity index is 2760. The molecule has 9 saturated heterocycles. The highest BCUT2D eigenvalue weighted by Crippen LogP contribution is 2.71. The first-order chi connectivity index (χ1) is 48.9. The molecule has 13 fully saturated rings. The summed E-state index contributed by atoms with van der Waals surface area (Å²) in [6.45, 7) is 6.16. The van der Waals surface area contributed by atoms with Crippen molar-refractivity contribution in [2.75, 3.05) is 46.2 Å².